The average Bonchev–Trinajstić information content (AvgIpc) is 2.17. The first kappa shape index (κ1) is 9.74. The Balaban J connectivity index is 2.31. The van der Waals surface area contributed by atoms with Gasteiger partial charge in [0.1, 0.15) is 6.61 Å². The first-order valence-corrected chi connectivity index (χ1v) is 3.89. The molecule has 3 heteroatoms. The minimum atomic E-state index is -0.466. The Labute approximate surface area is 77.3 Å². The highest BCUT2D eigenvalue weighted by Crippen LogP contribution is 2.01. The third kappa shape index (κ3) is 3.71. The third-order valence-corrected chi connectivity index (χ3v) is 1.44. The molecule has 13 heavy (non-hydrogen) atoms. The Hall–Kier alpha value is -1.35. The summed E-state index contributed by atoms with van der Waals surface area (Å²) in [6.45, 7) is 1.31. The summed E-state index contributed by atoms with van der Waals surface area (Å²) in [6, 6.07) is 9.47. The van der Waals surface area contributed by atoms with Gasteiger partial charge in [-0.1, -0.05) is 30.3 Å². The first-order chi connectivity index (χ1) is 6.33. The molecule has 0 atom stereocenters. The van der Waals surface area contributed by atoms with Gasteiger partial charge in [-0.3, -0.25) is 0 Å². The Kier molecular flexibility index (Phi) is 3.99. The summed E-state index contributed by atoms with van der Waals surface area (Å²) in [5.74, 6) is -0.466. The van der Waals surface area contributed by atoms with Gasteiger partial charge in [0.05, 0.1) is 0 Å². The molecule has 0 bridgehead atoms. The molecule has 1 aromatic carbocycles. The molecule has 0 saturated heterocycles. The van der Waals surface area contributed by atoms with E-state index in [-0.39, 0.29) is 6.61 Å². The SMILES string of the molecule is CO[CH]C(=O)OCc1ccccc1. The van der Waals surface area contributed by atoms with E-state index >= 15 is 0 Å². The molecule has 0 aliphatic rings. The van der Waals surface area contributed by atoms with Crippen molar-refractivity contribution in [2.24, 2.45) is 0 Å². The molecule has 0 aromatic heterocycles. The molecule has 0 heterocycles. The van der Waals surface area contributed by atoms with Crippen LogP contribution in [0.4, 0.5) is 0 Å². The molecule has 3 nitrogen and oxygen atoms in total. The lowest BCUT2D eigenvalue weighted by molar-refractivity contribution is -0.144. The van der Waals surface area contributed by atoms with Crippen molar-refractivity contribution in [1.82, 2.24) is 0 Å². The maximum atomic E-state index is 10.8. The summed E-state index contributed by atoms with van der Waals surface area (Å²) in [6.07, 6.45) is 0. The van der Waals surface area contributed by atoms with Crippen molar-refractivity contribution >= 4 is 5.97 Å². The molecule has 69 valence electrons. The Morgan fingerprint density at radius 2 is 2.08 bits per heavy atom. The number of benzene rings is 1. The molecule has 0 unspecified atom stereocenters. The number of carbonyl (C=O) groups excluding carboxylic acids is 1. The average molecular weight is 179 g/mol. The number of methoxy groups -OCH3 is 1. The van der Waals surface area contributed by atoms with Gasteiger partial charge in [0.15, 0.2) is 6.61 Å². The van der Waals surface area contributed by atoms with Gasteiger partial charge in [-0.15, -0.1) is 0 Å². The van der Waals surface area contributed by atoms with Gasteiger partial charge in [-0.05, 0) is 5.56 Å². The number of hydrogen-bond acceptors (Lipinski definition) is 3. The molecule has 0 spiro atoms. The summed E-state index contributed by atoms with van der Waals surface area (Å²) < 4.78 is 9.34. The fraction of sp³-hybridized carbons (Fsp3) is 0.200. The van der Waals surface area contributed by atoms with Crippen LogP contribution in [0.5, 0.6) is 0 Å². The number of esters is 1. The van der Waals surface area contributed by atoms with E-state index in [0.717, 1.165) is 12.2 Å². The highest BCUT2D eigenvalue weighted by molar-refractivity contribution is 5.76. The summed E-state index contributed by atoms with van der Waals surface area (Å²) >= 11 is 0. The lowest BCUT2D eigenvalue weighted by atomic mass is 10.2. The Morgan fingerprint density at radius 3 is 2.69 bits per heavy atom. The molecule has 0 N–H and O–H groups in total. The minimum absolute atomic E-state index is 0.277. The van der Waals surface area contributed by atoms with Crippen LogP contribution in [-0.2, 0) is 20.9 Å². The summed E-state index contributed by atoms with van der Waals surface area (Å²) in [5, 5.41) is 0. The zero-order valence-corrected chi connectivity index (χ0v) is 7.40. The fourth-order valence-electron chi connectivity index (χ4n) is 0.859. The maximum absolute atomic E-state index is 10.8. The molecule has 0 saturated carbocycles. The first-order valence-electron chi connectivity index (χ1n) is 3.89. The predicted octanol–water partition coefficient (Wildman–Crippen LogP) is 1.54. The Morgan fingerprint density at radius 1 is 1.38 bits per heavy atom. The van der Waals surface area contributed by atoms with Crippen molar-refractivity contribution in [2.75, 3.05) is 7.11 Å². The van der Waals surface area contributed by atoms with Gasteiger partial charge in [-0.25, -0.2) is 4.79 Å². The van der Waals surface area contributed by atoms with E-state index in [9.17, 15) is 4.79 Å². The highest BCUT2D eigenvalue weighted by Gasteiger charge is 2.01. The highest BCUT2D eigenvalue weighted by atomic mass is 16.6. The monoisotopic (exact) mass is 179 g/mol. The van der Waals surface area contributed by atoms with Crippen LogP contribution in [-0.4, -0.2) is 13.1 Å². The second-order valence-corrected chi connectivity index (χ2v) is 2.45. The van der Waals surface area contributed by atoms with Crippen LogP contribution in [0, 0.1) is 6.61 Å². The van der Waals surface area contributed by atoms with E-state index in [2.05, 4.69) is 4.74 Å². The molecule has 0 aliphatic carbocycles. The van der Waals surface area contributed by atoms with Gasteiger partial charge < -0.3 is 9.47 Å². The van der Waals surface area contributed by atoms with Gasteiger partial charge in [-0.2, -0.15) is 0 Å². The zero-order valence-electron chi connectivity index (χ0n) is 7.40. The van der Waals surface area contributed by atoms with Crippen LogP contribution in [0.3, 0.4) is 0 Å². The molecule has 0 aliphatic heterocycles. The summed E-state index contributed by atoms with van der Waals surface area (Å²) in [5.41, 5.74) is 0.959. The van der Waals surface area contributed by atoms with Crippen LogP contribution in [0.25, 0.3) is 0 Å². The van der Waals surface area contributed by atoms with E-state index in [1.165, 1.54) is 7.11 Å². The van der Waals surface area contributed by atoms with Crippen molar-refractivity contribution in [3.8, 4) is 0 Å². The van der Waals surface area contributed by atoms with Gasteiger partial charge in [0.25, 0.3) is 0 Å². The van der Waals surface area contributed by atoms with Crippen LogP contribution < -0.4 is 0 Å². The number of rotatable bonds is 4. The van der Waals surface area contributed by atoms with E-state index in [0.29, 0.717) is 0 Å². The van der Waals surface area contributed by atoms with Gasteiger partial charge in [0.2, 0.25) is 0 Å². The largest absolute Gasteiger partial charge is 0.459 e. The van der Waals surface area contributed by atoms with E-state index in [1.807, 2.05) is 30.3 Å². The maximum Gasteiger partial charge on any atom is 0.338 e. The summed E-state index contributed by atoms with van der Waals surface area (Å²) in [7, 11) is 1.41. The van der Waals surface area contributed by atoms with Crippen molar-refractivity contribution in [3.63, 3.8) is 0 Å². The molecular formula is C10H11O3. The van der Waals surface area contributed by atoms with Crippen LogP contribution in [0.2, 0.25) is 0 Å². The van der Waals surface area contributed by atoms with Crippen molar-refractivity contribution in [1.29, 1.82) is 0 Å². The lowest BCUT2D eigenvalue weighted by Gasteiger charge is -2.02. The quantitative estimate of drug-likeness (QED) is 0.657. The molecule has 0 fully saturated rings. The van der Waals surface area contributed by atoms with Crippen LogP contribution >= 0.6 is 0 Å². The molecule has 1 rings (SSSR count). The number of hydrogen-bond donors (Lipinski definition) is 0. The van der Waals surface area contributed by atoms with Crippen LogP contribution in [0.15, 0.2) is 30.3 Å². The van der Waals surface area contributed by atoms with E-state index in [4.69, 9.17) is 4.74 Å². The molecule has 1 aromatic rings. The molecule has 1 radical (unpaired) electrons. The summed E-state index contributed by atoms with van der Waals surface area (Å²) in [4.78, 5) is 10.8. The standard InChI is InChI=1S/C10H11O3/c1-12-8-10(11)13-7-9-5-3-2-4-6-9/h2-6,8H,7H2,1H3. The Bertz CT molecular complexity index is 256. The van der Waals surface area contributed by atoms with Crippen molar-refractivity contribution in [3.05, 3.63) is 42.5 Å². The molecular weight excluding hydrogens is 168 g/mol. The van der Waals surface area contributed by atoms with E-state index < -0.39 is 5.97 Å². The number of carbonyl (C=O) groups is 1. The van der Waals surface area contributed by atoms with E-state index in [1.54, 1.807) is 0 Å². The smallest absolute Gasteiger partial charge is 0.338 e. The van der Waals surface area contributed by atoms with Crippen LogP contribution in [0.1, 0.15) is 5.56 Å². The zero-order chi connectivity index (χ0) is 9.52. The topological polar surface area (TPSA) is 35.5 Å². The number of ether oxygens (including phenoxy) is 2. The van der Waals surface area contributed by atoms with Crippen molar-refractivity contribution in [2.45, 2.75) is 6.61 Å². The normalized spacial score (nSPS) is 9.62. The third-order valence-electron chi connectivity index (χ3n) is 1.44. The van der Waals surface area contributed by atoms with Crippen molar-refractivity contribution < 1.29 is 14.3 Å². The van der Waals surface area contributed by atoms with Gasteiger partial charge in [0, 0.05) is 7.11 Å². The molecule has 0 amide bonds. The fourth-order valence-corrected chi connectivity index (χ4v) is 0.859. The van der Waals surface area contributed by atoms with Gasteiger partial charge >= 0.3 is 5.97 Å². The predicted molar refractivity (Wildman–Crippen MR) is 47.5 cm³/mol. The lowest BCUT2D eigenvalue weighted by Crippen LogP contribution is -2.05. The minimum Gasteiger partial charge on any atom is -0.459 e. The second kappa shape index (κ2) is 5.32. The second-order valence-electron chi connectivity index (χ2n) is 2.45.